The minimum atomic E-state index is 0.230. The summed E-state index contributed by atoms with van der Waals surface area (Å²) in [5.74, 6) is 0.988. The van der Waals surface area contributed by atoms with E-state index in [-0.39, 0.29) is 5.54 Å². The van der Waals surface area contributed by atoms with E-state index < -0.39 is 0 Å². The molecule has 3 heteroatoms. The molecule has 1 fully saturated rings. The Labute approximate surface area is 109 Å². The zero-order chi connectivity index (χ0) is 12.6. The van der Waals surface area contributed by atoms with Gasteiger partial charge in [-0.15, -0.1) is 0 Å². The number of likely N-dealkylation sites (N-methyl/N-ethyl adjacent to an activating group) is 1. The van der Waals surface area contributed by atoms with Crippen LogP contribution in [0.3, 0.4) is 0 Å². The van der Waals surface area contributed by atoms with E-state index >= 15 is 0 Å². The average Bonchev–Trinajstić information content (AvgIpc) is 2.44. The number of fused-ring (bicyclic) bond motifs is 2. The van der Waals surface area contributed by atoms with Gasteiger partial charge in [0.1, 0.15) is 5.75 Å². The van der Waals surface area contributed by atoms with Crippen molar-refractivity contribution in [2.75, 3.05) is 33.8 Å². The van der Waals surface area contributed by atoms with Crippen molar-refractivity contribution in [3.8, 4) is 5.75 Å². The van der Waals surface area contributed by atoms with E-state index in [0.717, 1.165) is 25.3 Å². The van der Waals surface area contributed by atoms with Crippen LogP contribution < -0.4 is 10.1 Å². The first-order valence-electron chi connectivity index (χ1n) is 6.86. The summed E-state index contributed by atoms with van der Waals surface area (Å²) >= 11 is 0. The summed E-state index contributed by atoms with van der Waals surface area (Å²) in [6.07, 6.45) is 3.55. The molecule has 98 valence electrons. The summed E-state index contributed by atoms with van der Waals surface area (Å²) in [4.78, 5) is 2.55. The van der Waals surface area contributed by atoms with E-state index in [0.29, 0.717) is 0 Å². The number of benzene rings is 1. The molecule has 0 bridgehead atoms. The largest absolute Gasteiger partial charge is 0.497 e. The van der Waals surface area contributed by atoms with Crippen LogP contribution in [0, 0.1) is 0 Å². The van der Waals surface area contributed by atoms with Crippen molar-refractivity contribution >= 4 is 0 Å². The Bertz CT molecular complexity index is 438. The highest BCUT2D eigenvalue weighted by Gasteiger charge is 2.41. The van der Waals surface area contributed by atoms with Gasteiger partial charge < -0.3 is 10.1 Å². The van der Waals surface area contributed by atoms with Gasteiger partial charge in [-0.25, -0.2) is 0 Å². The van der Waals surface area contributed by atoms with Crippen molar-refractivity contribution < 1.29 is 4.74 Å². The molecule has 3 rings (SSSR count). The zero-order valence-electron chi connectivity index (χ0n) is 11.3. The zero-order valence-corrected chi connectivity index (χ0v) is 11.3. The first-order chi connectivity index (χ1) is 8.76. The molecule has 0 unspecified atom stereocenters. The van der Waals surface area contributed by atoms with Gasteiger partial charge in [0.25, 0.3) is 0 Å². The second kappa shape index (κ2) is 4.56. The molecule has 0 saturated carbocycles. The number of nitrogens with zero attached hydrogens (tertiary/aromatic N) is 1. The van der Waals surface area contributed by atoms with Gasteiger partial charge in [-0.3, -0.25) is 4.90 Å². The summed E-state index contributed by atoms with van der Waals surface area (Å²) in [5.41, 5.74) is 3.24. The van der Waals surface area contributed by atoms with Gasteiger partial charge in [0, 0.05) is 12.1 Å². The van der Waals surface area contributed by atoms with E-state index in [9.17, 15) is 0 Å². The molecule has 0 aliphatic carbocycles. The molecular formula is C15H22N2O. The third-order valence-corrected chi connectivity index (χ3v) is 4.70. The lowest BCUT2D eigenvalue weighted by Crippen LogP contribution is -2.53. The Hall–Kier alpha value is -1.06. The fourth-order valence-electron chi connectivity index (χ4n) is 3.53. The van der Waals surface area contributed by atoms with Crippen molar-refractivity contribution in [1.82, 2.24) is 10.2 Å². The number of hydrogen-bond donors (Lipinski definition) is 1. The van der Waals surface area contributed by atoms with Crippen LogP contribution >= 0.6 is 0 Å². The summed E-state index contributed by atoms with van der Waals surface area (Å²) in [5, 5.41) is 3.48. The molecule has 1 spiro atoms. The van der Waals surface area contributed by atoms with Crippen LogP contribution in [0.1, 0.15) is 24.0 Å². The maximum absolute atomic E-state index is 5.42. The first-order valence-corrected chi connectivity index (χ1v) is 6.86. The van der Waals surface area contributed by atoms with Crippen molar-refractivity contribution in [3.05, 3.63) is 29.3 Å². The van der Waals surface area contributed by atoms with Crippen LogP contribution in [-0.2, 0) is 12.0 Å². The smallest absolute Gasteiger partial charge is 0.119 e. The van der Waals surface area contributed by atoms with Crippen molar-refractivity contribution in [2.24, 2.45) is 0 Å². The Kier molecular flexibility index (Phi) is 3.04. The maximum atomic E-state index is 5.42. The normalized spacial score (nSPS) is 22.8. The van der Waals surface area contributed by atoms with E-state index in [2.05, 4.69) is 35.5 Å². The summed E-state index contributed by atoms with van der Waals surface area (Å²) in [6, 6.07) is 6.61. The Morgan fingerprint density at radius 3 is 2.78 bits per heavy atom. The minimum absolute atomic E-state index is 0.230. The Morgan fingerprint density at radius 2 is 2.06 bits per heavy atom. The minimum Gasteiger partial charge on any atom is -0.497 e. The van der Waals surface area contributed by atoms with Gasteiger partial charge in [-0.1, -0.05) is 6.07 Å². The van der Waals surface area contributed by atoms with Crippen LogP contribution in [0.25, 0.3) is 0 Å². The number of rotatable bonds is 1. The lowest BCUT2D eigenvalue weighted by molar-refractivity contribution is 0.0688. The van der Waals surface area contributed by atoms with Crippen molar-refractivity contribution in [3.63, 3.8) is 0 Å². The standard InChI is InChI=1S/C15H22N2O/c1-17-10-5-12-3-4-13(18-2)11-14(12)15(17)6-8-16-9-7-15/h3-4,11,16H,5-10H2,1-2H3. The number of nitrogens with one attached hydrogen (secondary N) is 1. The molecule has 2 aliphatic rings. The molecule has 0 atom stereocenters. The molecule has 0 radical (unpaired) electrons. The van der Waals surface area contributed by atoms with Crippen LogP contribution in [-0.4, -0.2) is 38.7 Å². The maximum Gasteiger partial charge on any atom is 0.119 e. The van der Waals surface area contributed by atoms with E-state index in [1.165, 1.54) is 30.5 Å². The highest BCUT2D eigenvalue weighted by molar-refractivity contribution is 5.42. The second-order valence-corrected chi connectivity index (χ2v) is 5.48. The van der Waals surface area contributed by atoms with Gasteiger partial charge >= 0.3 is 0 Å². The molecule has 2 aliphatic heterocycles. The summed E-state index contributed by atoms with van der Waals surface area (Å²) in [7, 11) is 4.02. The molecule has 0 amide bonds. The van der Waals surface area contributed by atoms with Gasteiger partial charge in [-0.05, 0) is 62.7 Å². The van der Waals surface area contributed by atoms with Gasteiger partial charge in [-0.2, -0.15) is 0 Å². The summed E-state index contributed by atoms with van der Waals surface area (Å²) < 4.78 is 5.42. The Balaban J connectivity index is 2.09. The lowest BCUT2D eigenvalue weighted by Gasteiger charge is -2.49. The van der Waals surface area contributed by atoms with Gasteiger partial charge in [0.2, 0.25) is 0 Å². The highest BCUT2D eigenvalue weighted by atomic mass is 16.5. The predicted octanol–water partition coefficient (Wildman–Crippen LogP) is 1.76. The van der Waals surface area contributed by atoms with E-state index in [1.54, 1.807) is 7.11 Å². The molecule has 1 N–H and O–H groups in total. The third kappa shape index (κ3) is 1.73. The fraction of sp³-hybridized carbons (Fsp3) is 0.600. The second-order valence-electron chi connectivity index (χ2n) is 5.48. The lowest BCUT2D eigenvalue weighted by atomic mass is 9.75. The third-order valence-electron chi connectivity index (χ3n) is 4.70. The topological polar surface area (TPSA) is 24.5 Å². The molecular weight excluding hydrogens is 224 g/mol. The van der Waals surface area contributed by atoms with E-state index in [1.807, 2.05) is 0 Å². The quantitative estimate of drug-likeness (QED) is 0.817. The number of methoxy groups -OCH3 is 1. The highest BCUT2D eigenvalue weighted by Crippen LogP contribution is 2.42. The Morgan fingerprint density at radius 1 is 1.28 bits per heavy atom. The van der Waals surface area contributed by atoms with Gasteiger partial charge in [0.05, 0.1) is 7.11 Å². The number of ether oxygens (including phenoxy) is 1. The van der Waals surface area contributed by atoms with Crippen LogP contribution in [0.2, 0.25) is 0 Å². The van der Waals surface area contributed by atoms with Crippen LogP contribution in [0.15, 0.2) is 18.2 Å². The summed E-state index contributed by atoms with van der Waals surface area (Å²) in [6.45, 7) is 3.39. The van der Waals surface area contributed by atoms with Gasteiger partial charge in [0.15, 0.2) is 0 Å². The van der Waals surface area contributed by atoms with Crippen LogP contribution in [0.5, 0.6) is 5.75 Å². The molecule has 0 aromatic heterocycles. The molecule has 1 aromatic carbocycles. The average molecular weight is 246 g/mol. The monoisotopic (exact) mass is 246 g/mol. The van der Waals surface area contributed by atoms with Crippen molar-refractivity contribution in [2.45, 2.75) is 24.8 Å². The molecule has 2 heterocycles. The molecule has 18 heavy (non-hydrogen) atoms. The molecule has 1 saturated heterocycles. The number of piperidine rings is 1. The molecule has 3 nitrogen and oxygen atoms in total. The van der Waals surface area contributed by atoms with E-state index in [4.69, 9.17) is 4.74 Å². The SMILES string of the molecule is COc1ccc2c(c1)C1(CCNCC1)N(C)CC2. The first kappa shape index (κ1) is 12.0. The fourth-order valence-corrected chi connectivity index (χ4v) is 3.53. The predicted molar refractivity (Wildman–Crippen MR) is 73.1 cm³/mol. The van der Waals surface area contributed by atoms with Crippen LogP contribution in [0.4, 0.5) is 0 Å². The molecule has 1 aromatic rings. The van der Waals surface area contributed by atoms with Crippen molar-refractivity contribution in [1.29, 1.82) is 0 Å². The number of hydrogen-bond acceptors (Lipinski definition) is 3.